The van der Waals surface area contributed by atoms with Crippen molar-refractivity contribution in [1.29, 1.82) is 0 Å². The molecule has 0 fully saturated rings. The first-order valence-corrected chi connectivity index (χ1v) is 5.94. The van der Waals surface area contributed by atoms with Crippen molar-refractivity contribution >= 4 is 18.0 Å². The lowest BCUT2D eigenvalue weighted by molar-refractivity contribution is -0.143. The summed E-state index contributed by atoms with van der Waals surface area (Å²) in [7, 11) is 0. The minimum absolute atomic E-state index is 0.0623. The topological polar surface area (TPSA) is 105 Å². The Kier molecular flexibility index (Phi) is 8.34. The van der Waals surface area contributed by atoms with E-state index in [0.717, 1.165) is 0 Å². The van der Waals surface area contributed by atoms with Gasteiger partial charge in [0.15, 0.2) is 0 Å². The van der Waals surface area contributed by atoms with E-state index in [9.17, 15) is 14.4 Å². The first-order chi connectivity index (χ1) is 8.51. The zero-order chi connectivity index (χ0) is 14.0. The Balaban J connectivity index is 3.88. The van der Waals surface area contributed by atoms with Crippen LogP contribution in [0.1, 0.15) is 33.1 Å². The van der Waals surface area contributed by atoms with Crippen LogP contribution in [0.5, 0.6) is 0 Å². The highest BCUT2D eigenvalue weighted by molar-refractivity contribution is 5.82. The number of rotatable bonds is 8. The molecule has 0 unspecified atom stereocenters. The molecule has 0 bridgehead atoms. The summed E-state index contributed by atoms with van der Waals surface area (Å²) >= 11 is 0. The summed E-state index contributed by atoms with van der Waals surface area (Å²) in [6.07, 6.45) is 1.08. The molecule has 104 valence electrons. The van der Waals surface area contributed by atoms with Crippen LogP contribution in [0.3, 0.4) is 0 Å². The van der Waals surface area contributed by atoms with Crippen LogP contribution in [-0.2, 0) is 14.3 Å². The second-order valence-corrected chi connectivity index (χ2v) is 3.63. The molecule has 0 saturated carbocycles. The van der Waals surface area contributed by atoms with E-state index in [1.165, 1.54) is 0 Å². The lowest BCUT2D eigenvalue weighted by Crippen LogP contribution is -2.46. The third-order valence-electron chi connectivity index (χ3n) is 2.10. The predicted octanol–water partition coefficient (Wildman–Crippen LogP) is 0.492. The van der Waals surface area contributed by atoms with Crippen molar-refractivity contribution in [1.82, 2.24) is 10.6 Å². The molecule has 0 radical (unpaired) electrons. The molecule has 0 aromatic carbocycles. The van der Waals surface area contributed by atoms with Gasteiger partial charge in [0, 0.05) is 6.54 Å². The molecular formula is C11H20N2O5. The van der Waals surface area contributed by atoms with Crippen molar-refractivity contribution in [2.24, 2.45) is 0 Å². The van der Waals surface area contributed by atoms with E-state index in [-0.39, 0.29) is 13.0 Å². The molecule has 3 N–H and O–H groups in total. The number of esters is 1. The highest BCUT2D eigenvalue weighted by atomic mass is 16.5. The van der Waals surface area contributed by atoms with E-state index < -0.39 is 24.0 Å². The number of nitrogens with one attached hydrogen (secondary N) is 2. The fraction of sp³-hybridized carbons (Fsp3) is 0.727. The molecule has 0 aromatic rings. The monoisotopic (exact) mass is 260 g/mol. The second kappa shape index (κ2) is 9.26. The molecule has 0 spiro atoms. The van der Waals surface area contributed by atoms with Crippen LogP contribution in [-0.4, -0.2) is 42.3 Å². The third kappa shape index (κ3) is 7.48. The number of carboxylic acid groups (broad SMARTS) is 1. The zero-order valence-electron chi connectivity index (χ0n) is 10.7. The number of hydrogen-bond acceptors (Lipinski definition) is 4. The zero-order valence-corrected chi connectivity index (χ0v) is 10.7. The predicted molar refractivity (Wildman–Crippen MR) is 64.1 cm³/mol. The van der Waals surface area contributed by atoms with E-state index in [4.69, 9.17) is 5.11 Å². The quantitative estimate of drug-likeness (QED) is 0.551. The molecular weight excluding hydrogens is 240 g/mol. The SMILES string of the molecule is CCC[C@@H](NC(=O)NCCC(=O)OCC)C(=O)O. The van der Waals surface area contributed by atoms with Gasteiger partial charge in [-0.1, -0.05) is 13.3 Å². The smallest absolute Gasteiger partial charge is 0.326 e. The van der Waals surface area contributed by atoms with Gasteiger partial charge in [0.1, 0.15) is 6.04 Å². The maximum Gasteiger partial charge on any atom is 0.326 e. The van der Waals surface area contributed by atoms with Crippen LogP contribution < -0.4 is 10.6 Å². The molecule has 0 aliphatic carbocycles. The number of hydrogen-bond donors (Lipinski definition) is 3. The van der Waals surface area contributed by atoms with Gasteiger partial charge in [-0.15, -0.1) is 0 Å². The maximum absolute atomic E-state index is 11.3. The van der Waals surface area contributed by atoms with Crippen LogP contribution >= 0.6 is 0 Å². The average molecular weight is 260 g/mol. The van der Waals surface area contributed by atoms with Crippen LogP contribution in [0.15, 0.2) is 0 Å². The van der Waals surface area contributed by atoms with Crippen molar-refractivity contribution in [3.63, 3.8) is 0 Å². The minimum atomic E-state index is -1.07. The lowest BCUT2D eigenvalue weighted by Gasteiger charge is -2.14. The molecule has 2 amide bonds. The Bertz CT molecular complexity index is 293. The molecule has 0 aromatic heterocycles. The van der Waals surface area contributed by atoms with Crippen LogP contribution in [0, 0.1) is 0 Å². The van der Waals surface area contributed by atoms with E-state index in [1.54, 1.807) is 6.92 Å². The molecule has 0 rings (SSSR count). The molecule has 1 atom stereocenters. The van der Waals surface area contributed by atoms with Gasteiger partial charge in [0.05, 0.1) is 13.0 Å². The van der Waals surface area contributed by atoms with Gasteiger partial charge in [-0.25, -0.2) is 9.59 Å². The molecule has 7 heteroatoms. The number of carbonyl (C=O) groups is 3. The number of carbonyl (C=O) groups excluding carboxylic acids is 2. The van der Waals surface area contributed by atoms with Gasteiger partial charge in [0.2, 0.25) is 0 Å². The van der Waals surface area contributed by atoms with Crippen LogP contribution in [0.4, 0.5) is 4.79 Å². The standard InChI is InChI=1S/C11H20N2O5/c1-3-5-8(10(15)16)13-11(17)12-7-6-9(14)18-4-2/h8H,3-7H2,1-2H3,(H,15,16)(H2,12,13,17)/t8-/m1/s1. The Morgan fingerprint density at radius 2 is 1.94 bits per heavy atom. The van der Waals surface area contributed by atoms with Gasteiger partial charge < -0.3 is 20.5 Å². The fourth-order valence-corrected chi connectivity index (χ4v) is 1.27. The van der Waals surface area contributed by atoms with Gasteiger partial charge >= 0.3 is 18.0 Å². The Labute approximate surface area is 106 Å². The van der Waals surface area contributed by atoms with Crippen molar-refractivity contribution in [3.05, 3.63) is 0 Å². The van der Waals surface area contributed by atoms with E-state index in [0.29, 0.717) is 19.4 Å². The third-order valence-corrected chi connectivity index (χ3v) is 2.10. The molecule has 7 nitrogen and oxygen atoms in total. The number of aliphatic carboxylic acids is 1. The van der Waals surface area contributed by atoms with Gasteiger partial charge in [-0.2, -0.15) is 0 Å². The highest BCUT2D eigenvalue weighted by Gasteiger charge is 2.18. The van der Waals surface area contributed by atoms with Crippen molar-refractivity contribution in [2.45, 2.75) is 39.2 Å². The molecule has 0 aliphatic heterocycles. The number of amides is 2. The first kappa shape index (κ1) is 16.2. The maximum atomic E-state index is 11.3. The molecule has 0 saturated heterocycles. The van der Waals surface area contributed by atoms with Crippen molar-refractivity contribution in [3.8, 4) is 0 Å². The summed E-state index contributed by atoms with van der Waals surface area (Å²) in [5.41, 5.74) is 0. The fourth-order valence-electron chi connectivity index (χ4n) is 1.27. The Morgan fingerprint density at radius 3 is 2.44 bits per heavy atom. The summed E-state index contributed by atoms with van der Waals surface area (Å²) in [5.74, 6) is -1.47. The molecule has 0 aliphatic rings. The highest BCUT2D eigenvalue weighted by Crippen LogP contribution is 1.96. The van der Waals surface area contributed by atoms with Crippen LogP contribution in [0.2, 0.25) is 0 Å². The minimum Gasteiger partial charge on any atom is -0.480 e. The summed E-state index contributed by atoms with van der Waals surface area (Å²) in [5, 5.41) is 13.5. The largest absolute Gasteiger partial charge is 0.480 e. The van der Waals surface area contributed by atoms with Gasteiger partial charge in [0.25, 0.3) is 0 Å². The first-order valence-electron chi connectivity index (χ1n) is 5.94. The van der Waals surface area contributed by atoms with Gasteiger partial charge in [-0.05, 0) is 13.3 Å². The van der Waals surface area contributed by atoms with Gasteiger partial charge in [-0.3, -0.25) is 4.79 Å². The van der Waals surface area contributed by atoms with Crippen molar-refractivity contribution in [2.75, 3.05) is 13.2 Å². The van der Waals surface area contributed by atoms with E-state index in [1.807, 2.05) is 6.92 Å². The summed E-state index contributed by atoms with van der Waals surface area (Å²) in [6.45, 7) is 3.93. The summed E-state index contributed by atoms with van der Waals surface area (Å²) in [4.78, 5) is 33.1. The summed E-state index contributed by atoms with van der Waals surface area (Å²) in [6, 6.07) is -1.50. The second-order valence-electron chi connectivity index (χ2n) is 3.63. The van der Waals surface area contributed by atoms with E-state index >= 15 is 0 Å². The lowest BCUT2D eigenvalue weighted by atomic mass is 10.2. The average Bonchev–Trinajstić information content (AvgIpc) is 2.28. The number of urea groups is 1. The molecule has 18 heavy (non-hydrogen) atoms. The summed E-state index contributed by atoms with van der Waals surface area (Å²) < 4.78 is 4.68. The van der Waals surface area contributed by atoms with Crippen molar-refractivity contribution < 1.29 is 24.2 Å². The van der Waals surface area contributed by atoms with Crippen LogP contribution in [0.25, 0.3) is 0 Å². The number of carboxylic acids is 1. The number of ether oxygens (including phenoxy) is 1. The Hall–Kier alpha value is -1.79. The normalized spacial score (nSPS) is 11.4. The molecule has 0 heterocycles. The van der Waals surface area contributed by atoms with E-state index in [2.05, 4.69) is 15.4 Å². The Morgan fingerprint density at radius 1 is 1.28 bits per heavy atom.